The highest BCUT2D eigenvalue weighted by atomic mass is 16.5. The molecule has 1 fully saturated rings. The van der Waals surface area contributed by atoms with Crippen molar-refractivity contribution in [2.24, 2.45) is 5.41 Å². The lowest BCUT2D eigenvalue weighted by molar-refractivity contribution is -0.133. The lowest BCUT2D eigenvalue weighted by Gasteiger charge is -2.30. The van der Waals surface area contributed by atoms with Crippen molar-refractivity contribution in [1.82, 2.24) is 5.32 Å². The first kappa shape index (κ1) is 14.5. The Kier molecular flexibility index (Phi) is 4.75. The van der Waals surface area contributed by atoms with Crippen LogP contribution in [0, 0.1) is 16.7 Å². The predicted molar refractivity (Wildman–Crippen MR) is 75.8 cm³/mol. The number of rotatable bonds is 4. The zero-order valence-electron chi connectivity index (χ0n) is 11.8. The van der Waals surface area contributed by atoms with Gasteiger partial charge in [0.15, 0.2) is 0 Å². The van der Waals surface area contributed by atoms with E-state index < -0.39 is 5.41 Å². The van der Waals surface area contributed by atoms with E-state index >= 15 is 0 Å². The minimum absolute atomic E-state index is 0.0120. The zero-order valence-corrected chi connectivity index (χ0v) is 11.8. The average molecular weight is 272 g/mol. The second-order valence-electron chi connectivity index (χ2n) is 5.37. The van der Waals surface area contributed by atoms with E-state index in [-0.39, 0.29) is 11.9 Å². The molecule has 4 heteroatoms. The first-order valence-electron chi connectivity index (χ1n) is 7.00. The van der Waals surface area contributed by atoms with Crippen LogP contribution in [0.4, 0.5) is 0 Å². The lowest BCUT2D eigenvalue weighted by atomic mass is 9.80. The van der Waals surface area contributed by atoms with Crippen LogP contribution >= 0.6 is 0 Å². The number of nitrogens with zero attached hydrogens (tertiary/aromatic N) is 1. The number of nitriles is 1. The minimum Gasteiger partial charge on any atom is -0.381 e. The molecule has 20 heavy (non-hydrogen) atoms. The van der Waals surface area contributed by atoms with Crippen molar-refractivity contribution in [3.05, 3.63) is 35.9 Å². The number of hydrogen-bond acceptors (Lipinski definition) is 3. The van der Waals surface area contributed by atoms with Crippen molar-refractivity contribution in [3.8, 4) is 6.07 Å². The molecule has 0 spiro atoms. The topological polar surface area (TPSA) is 62.1 Å². The van der Waals surface area contributed by atoms with Crippen LogP contribution < -0.4 is 5.32 Å². The molecule has 1 aromatic rings. The summed E-state index contributed by atoms with van der Waals surface area (Å²) in [6.45, 7) is 2.93. The van der Waals surface area contributed by atoms with E-state index in [4.69, 9.17) is 4.74 Å². The number of ether oxygens (including phenoxy) is 1. The second-order valence-corrected chi connectivity index (χ2v) is 5.37. The Labute approximate surface area is 119 Å². The Hall–Kier alpha value is -1.86. The van der Waals surface area contributed by atoms with E-state index in [1.165, 1.54) is 5.56 Å². The van der Waals surface area contributed by atoms with Gasteiger partial charge in [-0.3, -0.25) is 4.79 Å². The third-order valence-electron chi connectivity index (χ3n) is 3.76. The number of amides is 1. The molecule has 0 aromatic heterocycles. The number of hydrogen-bond donors (Lipinski definition) is 1. The Morgan fingerprint density at radius 3 is 2.65 bits per heavy atom. The molecule has 1 aliphatic rings. The van der Waals surface area contributed by atoms with Gasteiger partial charge in [0.2, 0.25) is 5.91 Å². The lowest BCUT2D eigenvalue weighted by Crippen LogP contribution is -2.47. The normalized spacial score (nSPS) is 18.8. The van der Waals surface area contributed by atoms with Crippen LogP contribution in [0.15, 0.2) is 30.3 Å². The van der Waals surface area contributed by atoms with Gasteiger partial charge >= 0.3 is 0 Å². The predicted octanol–water partition coefficient (Wildman–Crippen LogP) is 2.05. The van der Waals surface area contributed by atoms with E-state index in [9.17, 15) is 10.1 Å². The van der Waals surface area contributed by atoms with Crippen molar-refractivity contribution in [2.75, 3.05) is 13.2 Å². The first-order chi connectivity index (χ1) is 9.66. The summed E-state index contributed by atoms with van der Waals surface area (Å²) in [5, 5.41) is 12.3. The molecule has 0 saturated carbocycles. The summed E-state index contributed by atoms with van der Waals surface area (Å²) in [7, 11) is 0. The van der Waals surface area contributed by atoms with Gasteiger partial charge in [0, 0.05) is 19.3 Å². The van der Waals surface area contributed by atoms with Crippen LogP contribution in [0.3, 0.4) is 0 Å². The molecule has 1 aromatic carbocycles. The molecule has 1 heterocycles. The summed E-state index contributed by atoms with van der Waals surface area (Å²) in [6.07, 6.45) is 1.73. The highest BCUT2D eigenvalue weighted by Crippen LogP contribution is 2.30. The van der Waals surface area contributed by atoms with Gasteiger partial charge in [0.05, 0.1) is 6.07 Å². The molecule has 1 unspecified atom stereocenters. The van der Waals surface area contributed by atoms with E-state index in [1.54, 1.807) is 0 Å². The maximum Gasteiger partial charge on any atom is 0.240 e. The number of benzene rings is 1. The molecule has 1 saturated heterocycles. The Bertz CT molecular complexity index is 487. The van der Waals surface area contributed by atoms with Crippen molar-refractivity contribution in [2.45, 2.75) is 32.2 Å². The van der Waals surface area contributed by atoms with E-state index in [0.717, 1.165) is 6.42 Å². The van der Waals surface area contributed by atoms with Crippen molar-refractivity contribution in [3.63, 3.8) is 0 Å². The fourth-order valence-corrected chi connectivity index (χ4v) is 2.49. The fourth-order valence-electron chi connectivity index (χ4n) is 2.49. The van der Waals surface area contributed by atoms with Gasteiger partial charge < -0.3 is 10.1 Å². The summed E-state index contributed by atoms with van der Waals surface area (Å²) in [4.78, 5) is 12.4. The Balaban J connectivity index is 1.95. The van der Waals surface area contributed by atoms with Crippen molar-refractivity contribution < 1.29 is 9.53 Å². The van der Waals surface area contributed by atoms with Crippen LogP contribution in [-0.2, 0) is 16.0 Å². The molecule has 1 atom stereocenters. The fraction of sp³-hybridized carbons (Fsp3) is 0.500. The Morgan fingerprint density at radius 2 is 2.05 bits per heavy atom. The highest BCUT2D eigenvalue weighted by Gasteiger charge is 2.40. The largest absolute Gasteiger partial charge is 0.381 e. The monoisotopic (exact) mass is 272 g/mol. The molecule has 0 radical (unpaired) electrons. The SMILES string of the molecule is CC(Cc1ccccc1)NC(=O)C1(C#N)CCOCC1. The highest BCUT2D eigenvalue weighted by molar-refractivity contribution is 5.85. The smallest absolute Gasteiger partial charge is 0.240 e. The third kappa shape index (κ3) is 3.37. The van der Waals surface area contributed by atoms with Crippen LogP contribution in [0.2, 0.25) is 0 Å². The first-order valence-corrected chi connectivity index (χ1v) is 7.00. The van der Waals surface area contributed by atoms with Crippen molar-refractivity contribution in [1.29, 1.82) is 5.26 Å². The molecule has 1 aliphatic heterocycles. The maximum absolute atomic E-state index is 12.4. The van der Waals surface area contributed by atoms with Crippen LogP contribution in [0.25, 0.3) is 0 Å². The van der Waals surface area contributed by atoms with Crippen LogP contribution in [0.1, 0.15) is 25.3 Å². The van der Waals surface area contributed by atoms with Gasteiger partial charge in [-0.05, 0) is 31.7 Å². The molecule has 0 aliphatic carbocycles. The average Bonchev–Trinajstić information content (AvgIpc) is 2.48. The summed E-state index contributed by atoms with van der Waals surface area (Å²) in [6, 6.07) is 12.2. The maximum atomic E-state index is 12.4. The van der Waals surface area contributed by atoms with E-state index in [2.05, 4.69) is 11.4 Å². The van der Waals surface area contributed by atoms with Gasteiger partial charge in [0.1, 0.15) is 5.41 Å². The summed E-state index contributed by atoms with van der Waals surface area (Å²) in [5.41, 5.74) is 0.265. The van der Waals surface area contributed by atoms with Gasteiger partial charge in [0.25, 0.3) is 0 Å². The second kappa shape index (κ2) is 6.53. The molecule has 4 nitrogen and oxygen atoms in total. The third-order valence-corrected chi connectivity index (χ3v) is 3.76. The summed E-state index contributed by atoms with van der Waals surface area (Å²) >= 11 is 0. The zero-order chi connectivity index (χ0) is 14.4. The van der Waals surface area contributed by atoms with Crippen molar-refractivity contribution >= 4 is 5.91 Å². The standard InChI is InChI=1S/C16H20N2O2/c1-13(11-14-5-3-2-4-6-14)18-15(19)16(12-17)7-9-20-10-8-16/h2-6,13H,7-11H2,1H3,(H,18,19). The van der Waals surface area contributed by atoms with E-state index in [1.807, 2.05) is 37.3 Å². The number of carbonyl (C=O) groups is 1. The molecule has 0 bridgehead atoms. The molecule has 1 amide bonds. The van der Waals surface area contributed by atoms with Gasteiger partial charge in [-0.25, -0.2) is 0 Å². The van der Waals surface area contributed by atoms with Gasteiger partial charge in [-0.1, -0.05) is 30.3 Å². The molecule has 1 N–H and O–H groups in total. The van der Waals surface area contributed by atoms with E-state index in [0.29, 0.717) is 26.1 Å². The molecular weight excluding hydrogens is 252 g/mol. The summed E-state index contributed by atoms with van der Waals surface area (Å²) in [5.74, 6) is -0.160. The molecular formula is C16H20N2O2. The number of nitrogens with one attached hydrogen (secondary N) is 1. The Morgan fingerprint density at radius 1 is 1.40 bits per heavy atom. The van der Waals surface area contributed by atoms with Gasteiger partial charge in [-0.15, -0.1) is 0 Å². The minimum atomic E-state index is -0.913. The molecule has 2 rings (SSSR count). The number of carbonyl (C=O) groups excluding carboxylic acids is 1. The summed E-state index contributed by atoms with van der Waals surface area (Å²) < 4.78 is 5.25. The molecule has 106 valence electrons. The van der Waals surface area contributed by atoms with Crippen LogP contribution in [-0.4, -0.2) is 25.2 Å². The quantitative estimate of drug-likeness (QED) is 0.912. The van der Waals surface area contributed by atoms with Crippen LogP contribution in [0.5, 0.6) is 0 Å². The van der Waals surface area contributed by atoms with Gasteiger partial charge in [-0.2, -0.15) is 5.26 Å².